The smallest absolute Gasteiger partial charge is 0.235 e. The minimum Gasteiger partial charge on any atom is -0.493 e. The van der Waals surface area contributed by atoms with Crippen molar-refractivity contribution >= 4 is 35.1 Å². The number of nitrogens with one attached hydrogen (secondary N) is 2. The number of aromatic nitrogens is 2. The number of amides is 1. The molecule has 2 aromatic carbocycles. The second-order valence-electron chi connectivity index (χ2n) is 6.64. The van der Waals surface area contributed by atoms with Gasteiger partial charge in [-0.2, -0.15) is 5.10 Å². The zero-order valence-corrected chi connectivity index (χ0v) is 17.6. The highest BCUT2D eigenvalue weighted by Gasteiger charge is 2.31. The SMILES string of the molecule is COc1cccc(C2SCC(=O)Nc3n[nH]c(C)c32)c1OCc1ccc(Cl)cc1. The van der Waals surface area contributed by atoms with Crippen molar-refractivity contribution in [3.05, 3.63) is 69.9 Å². The number of para-hydroxylation sites is 1. The number of nitrogens with zero attached hydrogens (tertiary/aromatic N) is 1. The second-order valence-corrected chi connectivity index (χ2v) is 8.17. The third-order valence-corrected chi connectivity index (χ3v) is 6.21. The maximum absolute atomic E-state index is 12.1. The first-order valence-corrected chi connectivity index (χ1v) is 10.5. The van der Waals surface area contributed by atoms with E-state index in [9.17, 15) is 4.79 Å². The average molecular weight is 430 g/mol. The summed E-state index contributed by atoms with van der Waals surface area (Å²) in [5.74, 6) is 2.12. The number of hydrogen-bond donors (Lipinski definition) is 2. The molecule has 1 amide bonds. The molecule has 1 atom stereocenters. The van der Waals surface area contributed by atoms with Crippen LogP contribution in [-0.4, -0.2) is 29.0 Å². The summed E-state index contributed by atoms with van der Waals surface area (Å²) in [6.07, 6.45) is 0. The molecule has 150 valence electrons. The first-order valence-electron chi connectivity index (χ1n) is 9.07. The molecule has 3 aromatic rings. The van der Waals surface area contributed by atoms with Gasteiger partial charge in [-0.25, -0.2) is 0 Å². The number of thioether (sulfide) groups is 1. The fraction of sp³-hybridized carbons (Fsp3) is 0.238. The predicted octanol–water partition coefficient (Wildman–Crippen LogP) is 4.73. The van der Waals surface area contributed by atoms with Gasteiger partial charge >= 0.3 is 0 Å². The Morgan fingerprint density at radius 3 is 2.79 bits per heavy atom. The van der Waals surface area contributed by atoms with Crippen molar-refractivity contribution in [3.8, 4) is 11.5 Å². The van der Waals surface area contributed by atoms with Crippen LogP contribution >= 0.6 is 23.4 Å². The number of aryl methyl sites for hydroxylation is 1. The van der Waals surface area contributed by atoms with E-state index in [1.807, 2.05) is 49.4 Å². The molecule has 0 bridgehead atoms. The lowest BCUT2D eigenvalue weighted by atomic mass is 10.0. The van der Waals surface area contributed by atoms with E-state index in [2.05, 4.69) is 15.5 Å². The van der Waals surface area contributed by atoms with Crippen molar-refractivity contribution in [2.75, 3.05) is 18.2 Å². The zero-order chi connectivity index (χ0) is 20.4. The van der Waals surface area contributed by atoms with E-state index in [1.54, 1.807) is 7.11 Å². The summed E-state index contributed by atoms with van der Waals surface area (Å²) < 4.78 is 11.8. The highest BCUT2D eigenvalue weighted by molar-refractivity contribution is 8.00. The molecule has 1 aliphatic rings. The summed E-state index contributed by atoms with van der Waals surface area (Å²) in [6.45, 7) is 2.32. The van der Waals surface area contributed by atoms with Gasteiger partial charge in [0, 0.05) is 21.8 Å². The molecule has 0 aliphatic carbocycles. The number of aromatic amines is 1. The summed E-state index contributed by atoms with van der Waals surface area (Å²) >= 11 is 7.52. The number of H-pyrrole nitrogens is 1. The quantitative estimate of drug-likeness (QED) is 0.613. The van der Waals surface area contributed by atoms with Crippen LogP contribution in [0.2, 0.25) is 5.02 Å². The van der Waals surface area contributed by atoms with Gasteiger partial charge in [-0.1, -0.05) is 35.9 Å². The predicted molar refractivity (Wildman–Crippen MR) is 115 cm³/mol. The van der Waals surface area contributed by atoms with E-state index in [0.29, 0.717) is 34.7 Å². The highest BCUT2D eigenvalue weighted by Crippen LogP contribution is 2.47. The summed E-state index contributed by atoms with van der Waals surface area (Å²) in [7, 11) is 1.62. The van der Waals surface area contributed by atoms with Crippen LogP contribution in [0.1, 0.15) is 27.6 Å². The number of anilines is 1. The van der Waals surface area contributed by atoms with Crippen LogP contribution < -0.4 is 14.8 Å². The van der Waals surface area contributed by atoms with Crippen LogP contribution in [0.3, 0.4) is 0 Å². The molecule has 2 heterocycles. The van der Waals surface area contributed by atoms with Gasteiger partial charge in [-0.05, 0) is 30.7 Å². The Hall–Kier alpha value is -2.64. The summed E-state index contributed by atoms with van der Waals surface area (Å²) in [4.78, 5) is 12.1. The lowest BCUT2D eigenvalue weighted by Crippen LogP contribution is -2.12. The number of hydrogen-bond acceptors (Lipinski definition) is 5. The molecule has 1 aliphatic heterocycles. The van der Waals surface area contributed by atoms with Crippen molar-refractivity contribution in [1.82, 2.24) is 10.2 Å². The van der Waals surface area contributed by atoms with Crippen LogP contribution in [-0.2, 0) is 11.4 Å². The first kappa shape index (κ1) is 19.7. The maximum atomic E-state index is 12.1. The van der Waals surface area contributed by atoms with Gasteiger partial charge in [0.2, 0.25) is 5.91 Å². The molecule has 1 unspecified atom stereocenters. The fourth-order valence-corrected chi connectivity index (χ4v) is 4.64. The van der Waals surface area contributed by atoms with Gasteiger partial charge in [0.05, 0.1) is 18.1 Å². The number of benzene rings is 2. The molecule has 0 radical (unpaired) electrons. The molecule has 6 nitrogen and oxygen atoms in total. The molecular formula is C21H20ClN3O3S. The van der Waals surface area contributed by atoms with Crippen molar-refractivity contribution in [3.63, 3.8) is 0 Å². The third-order valence-electron chi connectivity index (χ3n) is 4.70. The standard InChI is InChI=1S/C21H20ClN3O3S/c1-12-18-20(29-11-17(26)23-21(18)25-24-12)15-4-3-5-16(27-2)19(15)28-10-13-6-8-14(22)9-7-13/h3-9,20H,10-11H2,1-2H3,(H2,23,24,25,26). The van der Waals surface area contributed by atoms with E-state index in [1.165, 1.54) is 11.8 Å². The summed E-state index contributed by atoms with van der Waals surface area (Å²) in [5, 5.41) is 10.7. The van der Waals surface area contributed by atoms with Crippen LogP contribution in [0.5, 0.6) is 11.5 Å². The number of ether oxygens (including phenoxy) is 2. The molecule has 4 rings (SSSR count). The van der Waals surface area contributed by atoms with Gasteiger partial charge < -0.3 is 14.8 Å². The number of carbonyl (C=O) groups is 1. The van der Waals surface area contributed by atoms with E-state index in [-0.39, 0.29) is 11.2 Å². The Morgan fingerprint density at radius 2 is 2.03 bits per heavy atom. The number of fused-ring (bicyclic) bond motifs is 1. The largest absolute Gasteiger partial charge is 0.493 e. The summed E-state index contributed by atoms with van der Waals surface area (Å²) in [6, 6.07) is 13.3. The Kier molecular flexibility index (Phi) is 5.69. The minimum atomic E-state index is -0.127. The van der Waals surface area contributed by atoms with Crippen LogP contribution in [0, 0.1) is 6.92 Å². The minimum absolute atomic E-state index is 0.0724. The third kappa shape index (κ3) is 4.06. The summed E-state index contributed by atoms with van der Waals surface area (Å²) in [5.41, 5.74) is 3.79. The van der Waals surface area contributed by atoms with Crippen molar-refractivity contribution in [1.29, 1.82) is 0 Å². The lowest BCUT2D eigenvalue weighted by molar-refractivity contribution is -0.113. The molecule has 1 aromatic heterocycles. The molecule has 0 spiro atoms. The van der Waals surface area contributed by atoms with E-state index in [4.69, 9.17) is 21.1 Å². The van der Waals surface area contributed by atoms with Crippen molar-refractivity contribution < 1.29 is 14.3 Å². The van der Waals surface area contributed by atoms with Crippen molar-refractivity contribution in [2.45, 2.75) is 18.8 Å². The number of rotatable bonds is 5. The molecule has 2 N–H and O–H groups in total. The average Bonchev–Trinajstić information content (AvgIpc) is 2.98. The molecule has 0 fully saturated rings. The van der Waals surface area contributed by atoms with Gasteiger partial charge in [0.25, 0.3) is 0 Å². The molecular weight excluding hydrogens is 410 g/mol. The highest BCUT2D eigenvalue weighted by atomic mass is 35.5. The molecule has 8 heteroatoms. The van der Waals surface area contributed by atoms with E-state index >= 15 is 0 Å². The van der Waals surface area contributed by atoms with E-state index < -0.39 is 0 Å². The van der Waals surface area contributed by atoms with Gasteiger partial charge in [0.15, 0.2) is 17.3 Å². The Morgan fingerprint density at radius 1 is 1.24 bits per heavy atom. The number of methoxy groups -OCH3 is 1. The monoisotopic (exact) mass is 429 g/mol. The van der Waals surface area contributed by atoms with Gasteiger partial charge in [-0.3, -0.25) is 9.89 Å². The normalized spacial score (nSPS) is 16.0. The van der Waals surface area contributed by atoms with Crippen LogP contribution in [0.4, 0.5) is 5.82 Å². The Balaban J connectivity index is 1.73. The zero-order valence-electron chi connectivity index (χ0n) is 16.0. The number of halogens is 1. The van der Waals surface area contributed by atoms with Gasteiger partial charge in [0.1, 0.15) is 6.61 Å². The Labute approximate surface area is 177 Å². The van der Waals surface area contributed by atoms with Gasteiger partial charge in [-0.15, -0.1) is 11.8 Å². The second kappa shape index (κ2) is 8.39. The molecule has 29 heavy (non-hydrogen) atoms. The Bertz CT molecular complexity index is 1040. The fourth-order valence-electron chi connectivity index (χ4n) is 3.30. The first-order chi connectivity index (χ1) is 14.1. The molecule has 0 saturated heterocycles. The van der Waals surface area contributed by atoms with Crippen LogP contribution in [0.15, 0.2) is 42.5 Å². The molecule has 0 saturated carbocycles. The topological polar surface area (TPSA) is 76.2 Å². The van der Waals surface area contributed by atoms with E-state index in [0.717, 1.165) is 22.4 Å². The lowest BCUT2D eigenvalue weighted by Gasteiger charge is -2.21. The maximum Gasteiger partial charge on any atom is 0.235 e. The number of carbonyl (C=O) groups excluding carboxylic acids is 1. The van der Waals surface area contributed by atoms with Crippen LogP contribution in [0.25, 0.3) is 0 Å². The van der Waals surface area contributed by atoms with Crippen molar-refractivity contribution in [2.24, 2.45) is 0 Å².